The second kappa shape index (κ2) is 9.38. The predicted molar refractivity (Wildman–Crippen MR) is 136 cm³/mol. The highest BCUT2D eigenvalue weighted by atomic mass is 19.1. The number of rotatable bonds is 6. The number of anilines is 3. The molecule has 1 aliphatic rings. The van der Waals surface area contributed by atoms with E-state index < -0.39 is 5.82 Å². The second-order valence-electron chi connectivity index (χ2n) is 8.99. The summed E-state index contributed by atoms with van der Waals surface area (Å²) < 4.78 is 21.1. The summed E-state index contributed by atoms with van der Waals surface area (Å²) >= 11 is 0. The largest absolute Gasteiger partial charge is 0.421 e. The van der Waals surface area contributed by atoms with Gasteiger partial charge in [0.1, 0.15) is 11.6 Å². The number of hydrogen-bond donors (Lipinski definition) is 4. The maximum Gasteiger partial charge on any atom is 0.326 e. The van der Waals surface area contributed by atoms with E-state index in [-0.39, 0.29) is 11.8 Å². The molecular weight excluding hydrogens is 447 g/mol. The normalized spacial score (nSPS) is 18.5. The Bertz CT molecular complexity index is 1370. The Labute approximate surface area is 202 Å². The van der Waals surface area contributed by atoms with Crippen LogP contribution in [0.4, 0.5) is 21.8 Å². The molecule has 2 atom stereocenters. The van der Waals surface area contributed by atoms with Crippen LogP contribution in [0.1, 0.15) is 32.2 Å². The van der Waals surface area contributed by atoms with Gasteiger partial charge in [-0.05, 0) is 52.0 Å². The molecule has 0 aliphatic carbocycles. The molecule has 0 bridgehead atoms. The van der Waals surface area contributed by atoms with E-state index >= 15 is 4.39 Å². The van der Waals surface area contributed by atoms with E-state index in [1.807, 2.05) is 38.1 Å². The standard InChI is InChI=1S/C25H29FN8O/c1-5-6-17-10-22(33-32-17)29-21-11-23(34-12-15(3)27-16(4)13-34)31-25(30-21)35-20-8-7-19-18(24(20)26)9-14(2)28-19/h5-11,15-16,27-28H,12-13H2,1-4H3,(H2,29,30,31,32,33)/b6-5+. The minimum absolute atomic E-state index is 0.0542. The summed E-state index contributed by atoms with van der Waals surface area (Å²) in [5.74, 6) is 1.41. The molecular formula is C25H29FN8O. The van der Waals surface area contributed by atoms with Crippen molar-refractivity contribution < 1.29 is 9.13 Å². The zero-order valence-corrected chi connectivity index (χ0v) is 20.2. The number of allylic oxidation sites excluding steroid dienone is 1. The highest BCUT2D eigenvalue weighted by Gasteiger charge is 2.24. The van der Waals surface area contributed by atoms with Crippen LogP contribution in [0.15, 0.2) is 36.4 Å². The van der Waals surface area contributed by atoms with Gasteiger partial charge in [0.25, 0.3) is 0 Å². The topological polar surface area (TPSA) is 107 Å². The lowest BCUT2D eigenvalue weighted by Crippen LogP contribution is -2.54. The molecule has 0 amide bonds. The molecule has 0 radical (unpaired) electrons. The molecule has 1 aliphatic heterocycles. The SMILES string of the molecule is C/C=C/c1cc(Nc2cc(N3CC(C)NC(C)C3)nc(Oc3ccc4[nH]c(C)cc4c3F)n2)n[nH]1. The van der Waals surface area contributed by atoms with Gasteiger partial charge in [0, 0.05) is 53.9 Å². The zero-order chi connectivity index (χ0) is 24.5. The quantitative estimate of drug-likeness (QED) is 0.314. The second-order valence-corrected chi connectivity index (χ2v) is 8.99. The molecule has 0 spiro atoms. The minimum atomic E-state index is -0.455. The first-order chi connectivity index (χ1) is 16.9. The number of hydrogen-bond acceptors (Lipinski definition) is 7. The molecule has 1 saturated heterocycles. The van der Waals surface area contributed by atoms with Gasteiger partial charge in [0.15, 0.2) is 17.4 Å². The first-order valence-corrected chi connectivity index (χ1v) is 11.7. The zero-order valence-electron chi connectivity index (χ0n) is 20.2. The number of fused-ring (bicyclic) bond motifs is 1. The smallest absolute Gasteiger partial charge is 0.326 e. The number of nitrogens with one attached hydrogen (secondary N) is 4. The third kappa shape index (κ3) is 4.97. The first kappa shape index (κ1) is 22.9. The minimum Gasteiger partial charge on any atom is -0.421 e. The van der Waals surface area contributed by atoms with Gasteiger partial charge in [-0.15, -0.1) is 0 Å². The summed E-state index contributed by atoms with van der Waals surface area (Å²) in [5.41, 5.74) is 2.45. The fourth-order valence-corrected chi connectivity index (χ4v) is 4.46. The van der Waals surface area contributed by atoms with Gasteiger partial charge in [-0.3, -0.25) is 5.10 Å². The number of aromatic amines is 2. The fraction of sp³-hybridized carbons (Fsp3) is 0.320. The molecule has 4 heterocycles. The molecule has 4 aromatic rings. The van der Waals surface area contributed by atoms with Crippen molar-refractivity contribution in [2.45, 2.75) is 39.8 Å². The van der Waals surface area contributed by atoms with Crippen LogP contribution < -0.4 is 20.3 Å². The van der Waals surface area contributed by atoms with Crippen molar-refractivity contribution in [3.05, 3.63) is 53.6 Å². The van der Waals surface area contributed by atoms with E-state index in [0.29, 0.717) is 40.4 Å². The third-order valence-electron chi connectivity index (χ3n) is 5.81. The van der Waals surface area contributed by atoms with Crippen LogP contribution in [0.5, 0.6) is 11.8 Å². The Morgan fingerprint density at radius 1 is 1.11 bits per heavy atom. The Kier molecular flexibility index (Phi) is 6.12. The molecule has 10 heteroatoms. The van der Waals surface area contributed by atoms with Crippen molar-refractivity contribution in [1.82, 2.24) is 30.5 Å². The van der Waals surface area contributed by atoms with Crippen LogP contribution in [0.25, 0.3) is 17.0 Å². The molecule has 1 aromatic carbocycles. The maximum atomic E-state index is 15.2. The molecule has 4 N–H and O–H groups in total. The Morgan fingerprint density at radius 2 is 1.91 bits per heavy atom. The van der Waals surface area contributed by atoms with Crippen molar-refractivity contribution in [2.24, 2.45) is 0 Å². The van der Waals surface area contributed by atoms with Crippen LogP contribution in [0.3, 0.4) is 0 Å². The Balaban J connectivity index is 1.50. The third-order valence-corrected chi connectivity index (χ3v) is 5.81. The predicted octanol–water partition coefficient (Wildman–Crippen LogP) is 4.88. The number of aryl methyl sites for hydroxylation is 1. The van der Waals surface area contributed by atoms with E-state index in [9.17, 15) is 0 Å². The fourth-order valence-electron chi connectivity index (χ4n) is 4.46. The summed E-state index contributed by atoms with van der Waals surface area (Å²) in [6, 6.07) is 9.50. The van der Waals surface area contributed by atoms with Crippen molar-refractivity contribution in [3.8, 4) is 11.8 Å². The van der Waals surface area contributed by atoms with E-state index in [1.54, 1.807) is 18.2 Å². The summed E-state index contributed by atoms with van der Waals surface area (Å²) in [4.78, 5) is 14.5. The van der Waals surface area contributed by atoms with E-state index in [1.165, 1.54) is 0 Å². The van der Waals surface area contributed by atoms with Crippen molar-refractivity contribution in [3.63, 3.8) is 0 Å². The van der Waals surface area contributed by atoms with Crippen molar-refractivity contribution >= 4 is 34.4 Å². The number of ether oxygens (including phenoxy) is 1. The van der Waals surface area contributed by atoms with E-state index in [4.69, 9.17) is 4.74 Å². The maximum absolute atomic E-state index is 15.2. The van der Waals surface area contributed by atoms with Gasteiger partial charge in [0.05, 0.1) is 5.69 Å². The number of benzene rings is 1. The van der Waals surface area contributed by atoms with Gasteiger partial charge in [-0.25, -0.2) is 4.39 Å². The monoisotopic (exact) mass is 476 g/mol. The van der Waals surface area contributed by atoms with Crippen molar-refractivity contribution in [1.29, 1.82) is 0 Å². The molecule has 5 rings (SSSR count). The number of halogens is 1. The molecule has 0 saturated carbocycles. The van der Waals surface area contributed by atoms with Gasteiger partial charge < -0.3 is 25.3 Å². The average molecular weight is 477 g/mol. The van der Waals surface area contributed by atoms with Crippen LogP contribution in [-0.2, 0) is 0 Å². The number of nitrogens with zero attached hydrogens (tertiary/aromatic N) is 4. The Hall–Kier alpha value is -3.92. The summed E-state index contributed by atoms with van der Waals surface area (Å²) in [6.45, 7) is 9.65. The highest BCUT2D eigenvalue weighted by Crippen LogP contribution is 2.31. The number of aromatic nitrogens is 5. The van der Waals surface area contributed by atoms with Crippen LogP contribution >= 0.6 is 0 Å². The summed E-state index contributed by atoms with van der Waals surface area (Å²) in [6.07, 6.45) is 3.85. The first-order valence-electron chi connectivity index (χ1n) is 11.7. The van der Waals surface area contributed by atoms with Crippen LogP contribution in [0, 0.1) is 12.7 Å². The van der Waals surface area contributed by atoms with E-state index in [0.717, 1.165) is 24.5 Å². The highest BCUT2D eigenvalue weighted by molar-refractivity contribution is 5.82. The molecule has 3 aromatic heterocycles. The van der Waals surface area contributed by atoms with E-state index in [2.05, 4.69) is 54.5 Å². The average Bonchev–Trinajstić information content (AvgIpc) is 3.41. The lowest BCUT2D eigenvalue weighted by Gasteiger charge is -2.37. The lowest BCUT2D eigenvalue weighted by molar-refractivity contribution is 0.397. The lowest BCUT2D eigenvalue weighted by atomic mass is 10.1. The molecule has 9 nitrogen and oxygen atoms in total. The Morgan fingerprint density at radius 3 is 2.69 bits per heavy atom. The van der Waals surface area contributed by atoms with Crippen LogP contribution in [0.2, 0.25) is 0 Å². The molecule has 35 heavy (non-hydrogen) atoms. The van der Waals surface area contributed by atoms with Crippen molar-refractivity contribution in [2.75, 3.05) is 23.3 Å². The van der Waals surface area contributed by atoms with Gasteiger partial charge >= 0.3 is 6.01 Å². The molecule has 1 fully saturated rings. The number of H-pyrrole nitrogens is 2. The number of piperazine rings is 1. The molecule has 2 unspecified atom stereocenters. The van der Waals surface area contributed by atoms with Crippen LogP contribution in [-0.4, -0.2) is 50.3 Å². The summed E-state index contributed by atoms with van der Waals surface area (Å²) in [7, 11) is 0. The van der Waals surface area contributed by atoms with Gasteiger partial charge in [-0.2, -0.15) is 15.1 Å². The van der Waals surface area contributed by atoms with Gasteiger partial charge in [0.2, 0.25) is 0 Å². The van der Waals surface area contributed by atoms with Gasteiger partial charge in [-0.1, -0.05) is 6.08 Å². The summed E-state index contributed by atoms with van der Waals surface area (Å²) in [5, 5.41) is 14.4. The molecule has 182 valence electrons.